The maximum atomic E-state index is 13.2. The van der Waals surface area contributed by atoms with Crippen LogP contribution in [-0.4, -0.2) is 71.0 Å². The highest BCUT2D eigenvalue weighted by Gasteiger charge is 2.28. The second-order valence-corrected chi connectivity index (χ2v) is 11.0. The number of ketones is 1. The average molecular weight is 487 g/mol. The molecule has 0 spiro atoms. The smallest absolute Gasteiger partial charge is 0.341 e. The molecular formula is C25H30N2O6S. The first-order chi connectivity index (χ1) is 16.2. The number of benzene rings is 2. The van der Waals surface area contributed by atoms with Crippen LogP contribution in [0.4, 0.5) is 5.69 Å². The van der Waals surface area contributed by atoms with E-state index in [4.69, 9.17) is 9.47 Å². The van der Waals surface area contributed by atoms with Crippen LogP contribution in [0.25, 0.3) is 0 Å². The molecule has 0 radical (unpaired) electrons. The number of carbonyl (C=O) groups is 2. The Morgan fingerprint density at radius 1 is 1.03 bits per heavy atom. The molecule has 1 heterocycles. The average Bonchev–Trinajstić information content (AvgIpc) is 3.31. The van der Waals surface area contributed by atoms with Crippen molar-refractivity contribution in [3.63, 3.8) is 0 Å². The molecule has 8 nitrogen and oxygen atoms in total. The van der Waals surface area contributed by atoms with Crippen molar-refractivity contribution >= 4 is 27.5 Å². The molecule has 4 rings (SSSR count). The monoisotopic (exact) mass is 486 g/mol. The van der Waals surface area contributed by atoms with Crippen molar-refractivity contribution in [2.45, 2.75) is 37.2 Å². The molecule has 0 bridgehead atoms. The second kappa shape index (κ2) is 9.85. The van der Waals surface area contributed by atoms with Gasteiger partial charge in [0.05, 0.1) is 29.4 Å². The topological polar surface area (TPSA) is 93.2 Å². The molecule has 9 heteroatoms. The summed E-state index contributed by atoms with van der Waals surface area (Å²) in [4.78, 5) is 28.2. The highest BCUT2D eigenvalue weighted by molar-refractivity contribution is 7.89. The van der Waals surface area contributed by atoms with Gasteiger partial charge in [-0.3, -0.25) is 4.79 Å². The lowest BCUT2D eigenvalue weighted by atomic mass is 10.0. The van der Waals surface area contributed by atoms with Gasteiger partial charge in [0.2, 0.25) is 15.8 Å². The number of aryl methyl sites for hydroxylation is 2. The van der Waals surface area contributed by atoms with E-state index in [2.05, 4.69) is 0 Å². The van der Waals surface area contributed by atoms with Crippen LogP contribution in [0.15, 0.2) is 41.3 Å². The fourth-order valence-electron chi connectivity index (χ4n) is 4.37. The van der Waals surface area contributed by atoms with Crippen LogP contribution in [0.2, 0.25) is 0 Å². The number of hydrogen-bond acceptors (Lipinski definition) is 7. The minimum atomic E-state index is -3.76. The van der Waals surface area contributed by atoms with E-state index in [-0.39, 0.29) is 16.2 Å². The highest BCUT2D eigenvalue weighted by atomic mass is 32.2. The quantitative estimate of drug-likeness (QED) is 0.439. The van der Waals surface area contributed by atoms with Crippen molar-refractivity contribution in [1.82, 2.24) is 4.31 Å². The molecule has 182 valence electrons. The summed E-state index contributed by atoms with van der Waals surface area (Å²) in [5, 5.41) is 0. The Labute approximate surface area is 200 Å². The van der Waals surface area contributed by atoms with Gasteiger partial charge in [0.15, 0.2) is 6.10 Å². The van der Waals surface area contributed by atoms with E-state index in [9.17, 15) is 18.0 Å². The molecule has 34 heavy (non-hydrogen) atoms. The zero-order chi connectivity index (χ0) is 24.5. The molecule has 0 amide bonds. The van der Waals surface area contributed by atoms with E-state index >= 15 is 0 Å². The van der Waals surface area contributed by atoms with E-state index in [1.54, 1.807) is 19.1 Å². The molecule has 0 N–H and O–H groups in total. The zero-order valence-corrected chi connectivity index (χ0v) is 20.6. The number of rotatable bonds is 7. The van der Waals surface area contributed by atoms with Crippen LogP contribution < -0.4 is 4.90 Å². The van der Waals surface area contributed by atoms with E-state index in [1.165, 1.54) is 37.4 Å². The molecule has 1 unspecified atom stereocenters. The van der Waals surface area contributed by atoms with Gasteiger partial charge in [-0.25, -0.2) is 17.5 Å². The third-order valence-corrected chi connectivity index (χ3v) is 8.17. The first-order valence-corrected chi connectivity index (χ1v) is 12.9. The number of anilines is 1. The Hall–Kier alpha value is -2.75. The predicted octanol–water partition coefficient (Wildman–Crippen LogP) is 2.69. The Bertz CT molecular complexity index is 1200. The summed E-state index contributed by atoms with van der Waals surface area (Å²) in [7, 11) is -0.896. The number of Topliss-reactive ketones (excluding diaryl/α,β-unsaturated/α-hetero) is 1. The lowest BCUT2D eigenvalue weighted by Crippen LogP contribution is -2.37. The zero-order valence-electron chi connectivity index (χ0n) is 19.7. The Morgan fingerprint density at radius 2 is 1.74 bits per heavy atom. The van der Waals surface area contributed by atoms with Crippen molar-refractivity contribution in [1.29, 1.82) is 0 Å². The van der Waals surface area contributed by atoms with Gasteiger partial charge >= 0.3 is 5.97 Å². The Balaban J connectivity index is 1.61. The summed E-state index contributed by atoms with van der Waals surface area (Å²) < 4.78 is 37.4. The molecule has 1 aliphatic heterocycles. The van der Waals surface area contributed by atoms with E-state index in [1.807, 2.05) is 17.0 Å². The number of ether oxygens (including phenoxy) is 2. The van der Waals surface area contributed by atoms with Crippen molar-refractivity contribution in [3.05, 3.63) is 58.7 Å². The number of hydrogen-bond donors (Lipinski definition) is 0. The number of sulfonamides is 1. The minimum Gasteiger partial charge on any atom is -0.451 e. The fraction of sp³-hybridized carbons (Fsp3) is 0.440. The minimum absolute atomic E-state index is 0.0148. The number of fused-ring (bicyclic) bond motifs is 1. The van der Waals surface area contributed by atoms with Crippen LogP contribution in [0.1, 0.15) is 45.2 Å². The van der Waals surface area contributed by atoms with Gasteiger partial charge in [0.1, 0.15) is 0 Å². The SMILES string of the molecule is CC(OC(=O)c1cc(S(=O)(=O)N(C)C)ccc1N1CCOCC1)C(=O)c1ccc2c(c1)CCC2. The molecular weight excluding hydrogens is 456 g/mol. The maximum Gasteiger partial charge on any atom is 0.341 e. The standard InChI is InChI=1S/C25H30N2O6S/c1-17(24(28)20-8-7-18-5-4-6-19(18)15-20)33-25(29)22-16-21(34(30,31)26(2)3)9-10-23(22)27-11-13-32-14-12-27/h7-10,15-17H,4-6,11-14H2,1-3H3. The summed E-state index contributed by atoms with van der Waals surface area (Å²) >= 11 is 0. The van der Waals surface area contributed by atoms with Crippen molar-refractivity contribution < 1.29 is 27.5 Å². The van der Waals surface area contributed by atoms with Crippen LogP contribution in [0, 0.1) is 0 Å². The van der Waals surface area contributed by atoms with Gasteiger partial charge in [0, 0.05) is 32.7 Å². The van der Waals surface area contributed by atoms with Crippen LogP contribution >= 0.6 is 0 Å². The van der Waals surface area contributed by atoms with Crippen molar-refractivity contribution in [2.75, 3.05) is 45.3 Å². The summed E-state index contributed by atoms with van der Waals surface area (Å²) in [6.45, 7) is 3.66. The van der Waals surface area contributed by atoms with E-state index in [0.29, 0.717) is 37.6 Å². The Morgan fingerprint density at radius 3 is 2.44 bits per heavy atom. The molecule has 1 atom stereocenters. The van der Waals surface area contributed by atoms with Gasteiger partial charge in [-0.2, -0.15) is 0 Å². The largest absolute Gasteiger partial charge is 0.451 e. The number of nitrogens with zero attached hydrogens (tertiary/aromatic N) is 2. The van der Waals surface area contributed by atoms with E-state index < -0.39 is 22.1 Å². The number of esters is 1. The molecule has 1 saturated heterocycles. The third-order valence-electron chi connectivity index (χ3n) is 6.35. The molecule has 2 aromatic carbocycles. The van der Waals surface area contributed by atoms with Gasteiger partial charge in [-0.1, -0.05) is 12.1 Å². The summed E-state index contributed by atoms with van der Waals surface area (Å²) in [6, 6.07) is 10.1. The molecule has 0 saturated carbocycles. The first-order valence-electron chi connectivity index (χ1n) is 11.4. The van der Waals surface area contributed by atoms with E-state index in [0.717, 1.165) is 23.6 Å². The predicted molar refractivity (Wildman–Crippen MR) is 128 cm³/mol. The summed E-state index contributed by atoms with van der Waals surface area (Å²) in [6.07, 6.45) is 2.03. The lowest BCUT2D eigenvalue weighted by molar-refractivity contribution is 0.0318. The maximum absolute atomic E-state index is 13.2. The van der Waals surface area contributed by atoms with Crippen LogP contribution in [0.5, 0.6) is 0 Å². The number of carbonyl (C=O) groups excluding carboxylic acids is 2. The Kier molecular flexibility index (Phi) is 7.06. The third kappa shape index (κ3) is 4.87. The molecule has 1 fully saturated rings. The lowest BCUT2D eigenvalue weighted by Gasteiger charge is -2.30. The molecule has 2 aliphatic rings. The first kappa shape index (κ1) is 24.4. The summed E-state index contributed by atoms with van der Waals surface area (Å²) in [5.41, 5.74) is 3.61. The van der Waals surface area contributed by atoms with Crippen LogP contribution in [-0.2, 0) is 32.3 Å². The summed E-state index contributed by atoms with van der Waals surface area (Å²) in [5.74, 6) is -1.02. The van der Waals surface area contributed by atoms with Gasteiger partial charge in [0.25, 0.3) is 0 Å². The second-order valence-electron chi connectivity index (χ2n) is 8.81. The fourth-order valence-corrected chi connectivity index (χ4v) is 5.30. The number of morpholine rings is 1. The van der Waals surface area contributed by atoms with Crippen molar-refractivity contribution in [3.8, 4) is 0 Å². The van der Waals surface area contributed by atoms with Gasteiger partial charge in [-0.15, -0.1) is 0 Å². The van der Waals surface area contributed by atoms with Gasteiger partial charge in [-0.05, 0) is 61.6 Å². The normalized spacial score (nSPS) is 16.9. The highest BCUT2D eigenvalue weighted by Crippen LogP contribution is 2.28. The molecule has 0 aromatic heterocycles. The van der Waals surface area contributed by atoms with Gasteiger partial charge < -0.3 is 14.4 Å². The van der Waals surface area contributed by atoms with Crippen LogP contribution in [0.3, 0.4) is 0 Å². The molecule has 2 aromatic rings. The van der Waals surface area contributed by atoms with Crippen molar-refractivity contribution in [2.24, 2.45) is 0 Å². The molecule has 1 aliphatic carbocycles.